The fourth-order valence-corrected chi connectivity index (χ4v) is 2.62. The first-order valence-corrected chi connectivity index (χ1v) is 6.60. The van der Waals surface area contributed by atoms with Crippen molar-refractivity contribution in [2.24, 2.45) is 5.73 Å². The standard InChI is InChI=1S/C13H22N4O/c1-10-12(15-9-16-13(10)18-2)17-7-5-3-4-6-11(17)8-14/h9,11H,3-8,14H2,1-2H3. The molecule has 0 spiro atoms. The van der Waals surface area contributed by atoms with Gasteiger partial charge in [-0.25, -0.2) is 9.97 Å². The van der Waals surface area contributed by atoms with Crippen LogP contribution in [0.3, 0.4) is 0 Å². The molecule has 5 nitrogen and oxygen atoms in total. The number of nitrogens with zero attached hydrogens (tertiary/aromatic N) is 3. The molecule has 0 aromatic carbocycles. The van der Waals surface area contributed by atoms with Gasteiger partial charge < -0.3 is 15.4 Å². The summed E-state index contributed by atoms with van der Waals surface area (Å²) in [6.07, 6.45) is 6.43. The predicted molar refractivity (Wildman–Crippen MR) is 72.0 cm³/mol. The quantitative estimate of drug-likeness (QED) is 0.880. The summed E-state index contributed by atoms with van der Waals surface area (Å²) in [6.45, 7) is 3.70. The normalized spacial score (nSPS) is 20.6. The van der Waals surface area contributed by atoms with Gasteiger partial charge in [-0.2, -0.15) is 0 Å². The summed E-state index contributed by atoms with van der Waals surface area (Å²) in [6, 6.07) is 0.380. The molecule has 0 amide bonds. The van der Waals surface area contributed by atoms with Gasteiger partial charge in [-0.1, -0.05) is 12.8 Å². The third-order valence-corrected chi connectivity index (χ3v) is 3.63. The van der Waals surface area contributed by atoms with Gasteiger partial charge in [0.2, 0.25) is 5.88 Å². The molecule has 2 N–H and O–H groups in total. The highest BCUT2D eigenvalue weighted by atomic mass is 16.5. The van der Waals surface area contributed by atoms with Crippen LogP contribution in [-0.4, -0.2) is 36.2 Å². The number of aromatic nitrogens is 2. The Morgan fingerprint density at radius 2 is 2.22 bits per heavy atom. The fraction of sp³-hybridized carbons (Fsp3) is 0.692. The molecule has 1 aliphatic heterocycles. The number of hydrogen-bond donors (Lipinski definition) is 1. The van der Waals surface area contributed by atoms with Gasteiger partial charge in [0, 0.05) is 19.1 Å². The highest BCUT2D eigenvalue weighted by Gasteiger charge is 2.23. The maximum absolute atomic E-state index is 5.90. The zero-order chi connectivity index (χ0) is 13.0. The molecule has 2 heterocycles. The molecule has 1 aromatic rings. The van der Waals surface area contributed by atoms with E-state index in [4.69, 9.17) is 10.5 Å². The molecule has 1 aromatic heterocycles. The van der Waals surface area contributed by atoms with E-state index in [1.807, 2.05) is 6.92 Å². The first kappa shape index (κ1) is 13.1. The van der Waals surface area contributed by atoms with Gasteiger partial charge in [0.1, 0.15) is 12.1 Å². The predicted octanol–water partition coefficient (Wildman–Crippen LogP) is 1.50. The molecule has 0 saturated carbocycles. The molecule has 100 valence electrons. The van der Waals surface area contributed by atoms with Crippen molar-refractivity contribution in [2.75, 3.05) is 25.1 Å². The van der Waals surface area contributed by atoms with Gasteiger partial charge in [0.15, 0.2) is 0 Å². The molecule has 1 saturated heterocycles. The van der Waals surface area contributed by atoms with Gasteiger partial charge in [-0.3, -0.25) is 0 Å². The highest BCUT2D eigenvalue weighted by molar-refractivity contribution is 5.51. The van der Waals surface area contributed by atoms with Gasteiger partial charge in [0.05, 0.1) is 12.7 Å². The third-order valence-electron chi connectivity index (χ3n) is 3.63. The molecule has 1 unspecified atom stereocenters. The van der Waals surface area contributed by atoms with Crippen LogP contribution in [0.15, 0.2) is 6.33 Å². The summed E-state index contributed by atoms with van der Waals surface area (Å²) in [7, 11) is 1.64. The van der Waals surface area contributed by atoms with Crippen molar-refractivity contribution in [3.05, 3.63) is 11.9 Å². The Hall–Kier alpha value is -1.36. The Bertz CT molecular complexity index is 397. The van der Waals surface area contributed by atoms with E-state index < -0.39 is 0 Å². The summed E-state index contributed by atoms with van der Waals surface area (Å²) in [5.74, 6) is 1.62. The number of anilines is 1. The Kier molecular flexibility index (Phi) is 4.36. The van der Waals surface area contributed by atoms with E-state index in [1.54, 1.807) is 13.4 Å². The molecule has 1 fully saturated rings. The molecule has 1 atom stereocenters. The Balaban J connectivity index is 2.32. The summed E-state index contributed by atoms with van der Waals surface area (Å²) >= 11 is 0. The van der Waals surface area contributed by atoms with Crippen LogP contribution in [0, 0.1) is 6.92 Å². The Morgan fingerprint density at radius 3 is 2.94 bits per heavy atom. The lowest BCUT2D eigenvalue weighted by atomic mass is 10.1. The fourth-order valence-electron chi connectivity index (χ4n) is 2.62. The number of hydrogen-bond acceptors (Lipinski definition) is 5. The van der Waals surface area contributed by atoms with E-state index in [0.29, 0.717) is 18.5 Å². The first-order valence-electron chi connectivity index (χ1n) is 6.60. The van der Waals surface area contributed by atoms with Crippen LogP contribution < -0.4 is 15.4 Å². The second kappa shape index (κ2) is 6.00. The summed E-state index contributed by atoms with van der Waals surface area (Å²) < 4.78 is 5.27. The van der Waals surface area contributed by atoms with E-state index >= 15 is 0 Å². The molecule has 0 bridgehead atoms. The molecule has 18 heavy (non-hydrogen) atoms. The van der Waals surface area contributed by atoms with E-state index in [1.165, 1.54) is 19.3 Å². The largest absolute Gasteiger partial charge is 0.481 e. The summed E-state index contributed by atoms with van der Waals surface area (Å²) in [5, 5.41) is 0. The van der Waals surface area contributed by atoms with Crippen LogP contribution >= 0.6 is 0 Å². The minimum atomic E-state index is 0.380. The summed E-state index contributed by atoms with van der Waals surface area (Å²) in [4.78, 5) is 10.9. The monoisotopic (exact) mass is 250 g/mol. The van der Waals surface area contributed by atoms with Crippen molar-refractivity contribution < 1.29 is 4.74 Å². The van der Waals surface area contributed by atoms with Crippen LogP contribution in [0.2, 0.25) is 0 Å². The zero-order valence-corrected chi connectivity index (χ0v) is 11.2. The van der Waals surface area contributed by atoms with E-state index in [9.17, 15) is 0 Å². The average Bonchev–Trinajstić information content (AvgIpc) is 2.64. The molecule has 2 rings (SSSR count). The zero-order valence-electron chi connectivity index (χ0n) is 11.2. The van der Waals surface area contributed by atoms with E-state index in [2.05, 4.69) is 14.9 Å². The van der Waals surface area contributed by atoms with Crippen LogP contribution in [0.5, 0.6) is 5.88 Å². The van der Waals surface area contributed by atoms with Crippen molar-refractivity contribution in [1.29, 1.82) is 0 Å². The van der Waals surface area contributed by atoms with E-state index in [-0.39, 0.29) is 0 Å². The van der Waals surface area contributed by atoms with Crippen LogP contribution in [0.1, 0.15) is 31.2 Å². The number of rotatable bonds is 3. The average molecular weight is 250 g/mol. The van der Waals surface area contributed by atoms with Crippen molar-refractivity contribution in [3.63, 3.8) is 0 Å². The third kappa shape index (κ3) is 2.56. The van der Waals surface area contributed by atoms with Gasteiger partial charge >= 0.3 is 0 Å². The Labute approximate surface area is 108 Å². The van der Waals surface area contributed by atoms with Crippen molar-refractivity contribution in [2.45, 2.75) is 38.6 Å². The summed E-state index contributed by atoms with van der Waals surface area (Å²) in [5.41, 5.74) is 6.91. The van der Waals surface area contributed by atoms with Crippen molar-refractivity contribution in [3.8, 4) is 5.88 Å². The second-order valence-corrected chi connectivity index (χ2v) is 4.76. The molecule has 1 aliphatic rings. The number of nitrogens with two attached hydrogens (primary N) is 1. The minimum absolute atomic E-state index is 0.380. The van der Waals surface area contributed by atoms with E-state index in [0.717, 1.165) is 24.3 Å². The van der Waals surface area contributed by atoms with Gasteiger partial charge in [-0.15, -0.1) is 0 Å². The second-order valence-electron chi connectivity index (χ2n) is 4.76. The number of ether oxygens (including phenoxy) is 1. The van der Waals surface area contributed by atoms with Crippen LogP contribution in [0.4, 0.5) is 5.82 Å². The smallest absolute Gasteiger partial charge is 0.221 e. The lowest BCUT2D eigenvalue weighted by Gasteiger charge is -2.31. The molecule has 5 heteroatoms. The SMILES string of the molecule is COc1ncnc(N2CCCCCC2CN)c1C. The lowest BCUT2D eigenvalue weighted by Crippen LogP contribution is -2.41. The number of methoxy groups -OCH3 is 1. The lowest BCUT2D eigenvalue weighted by molar-refractivity contribution is 0.393. The van der Waals surface area contributed by atoms with Gasteiger partial charge in [-0.05, 0) is 19.8 Å². The molecule has 0 aliphatic carbocycles. The first-order chi connectivity index (χ1) is 8.77. The van der Waals surface area contributed by atoms with Gasteiger partial charge in [0.25, 0.3) is 0 Å². The van der Waals surface area contributed by atoms with Crippen molar-refractivity contribution in [1.82, 2.24) is 9.97 Å². The topological polar surface area (TPSA) is 64.3 Å². The highest BCUT2D eigenvalue weighted by Crippen LogP contribution is 2.28. The molecular formula is C13H22N4O. The Morgan fingerprint density at radius 1 is 1.39 bits per heavy atom. The van der Waals surface area contributed by atoms with Crippen molar-refractivity contribution >= 4 is 5.82 Å². The minimum Gasteiger partial charge on any atom is -0.481 e. The van der Waals surface area contributed by atoms with Crippen LogP contribution in [-0.2, 0) is 0 Å². The maximum Gasteiger partial charge on any atom is 0.221 e. The molecular weight excluding hydrogens is 228 g/mol. The van der Waals surface area contributed by atoms with Crippen LogP contribution in [0.25, 0.3) is 0 Å². The maximum atomic E-state index is 5.90. The molecule has 0 radical (unpaired) electrons.